The maximum absolute atomic E-state index is 11.8. The smallest absolute Gasteiger partial charge is 0.315 e. The van der Waals surface area contributed by atoms with Gasteiger partial charge in [0.25, 0.3) is 0 Å². The van der Waals surface area contributed by atoms with Gasteiger partial charge in [0.15, 0.2) is 0 Å². The van der Waals surface area contributed by atoms with Crippen LogP contribution in [0.15, 0.2) is 48.7 Å². The molecule has 0 fully saturated rings. The van der Waals surface area contributed by atoms with Crippen molar-refractivity contribution < 1.29 is 4.79 Å². The van der Waals surface area contributed by atoms with Gasteiger partial charge in [-0.2, -0.15) is 0 Å². The van der Waals surface area contributed by atoms with Crippen molar-refractivity contribution in [1.82, 2.24) is 15.6 Å². The third-order valence-electron chi connectivity index (χ3n) is 2.87. The summed E-state index contributed by atoms with van der Waals surface area (Å²) in [7, 11) is 0. The number of benzene rings is 1. The van der Waals surface area contributed by atoms with E-state index in [0.29, 0.717) is 11.6 Å². The highest BCUT2D eigenvalue weighted by Crippen LogP contribution is 2.15. The zero-order chi connectivity index (χ0) is 14.4. The lowest BCUT2D eigenvalue weighted by atomic mass is 10.1. The molecular weight excluding hydrogens is 274 g/mol. The van der Waals surface area contributed by atoms with Gasteiger partial charge in [-0.25, -0.2) is 4.79 Å². The van der Waals surface area contributed by atoms with Crippen LogP contribution in [0.5, 0.6) is 0 Å². The van der Waals surface area contributed by atoms with E-state index in [1.54, 1.807) is 18.3 Å². The maximum Gasteiger partial charge on any atom is 0.315 e. The molecular formula is C15H16ClN3O. The number of urea groups is 1. The third-order valence-corrected chi connectivity index (χ3v) is 3.13. The van der Waals surface area contributed by atoms with Gasteiger partial charge in [-0.1, -0.05) is 29.8 Å². The molecule has 2 aromatic rings. The number of hydrogen-bond acceptors (Lipinski definition) is 2. The lowest BCUT2D eigenvalue weighted by molar-refractivity contribution is 0.237. The summed E-state index contributed by atoms with van der Waals surface area (Å²) in [6.45, 7) is 2.32. The van der Waals surface area contributed by atoms with Crippen LogP contribution in [0.2, 0.25) is 5.02 Å². The Morgan fingerprint density at radius 3 is 2.65 bits per heavy atom. The number of carbonyl (C=O) groups excluding carboxylic acids is 1. The molecule has 0 radical (unpaired) electrons. The zero-order valence-corrected chi connectivity index (χ0v) is 11.9. The summed E-state index contributed by atoms with van der Waals surface area (Å²) in [6, 6.07) is 12.7. The molecule has 0 saturated carbocycles. The van der Waals surface area contributed by atoms with E-state index in [9.17, 15) is 4.79 Å². The molecule has 0 aliphatic rings. The topological polar surface area (TPSA) is 54.0 Å². The minimum atomic E-state index is -0.224. The minimum Gasteiger partial charge on any atom is -0.332 e. The van der Waals surface area contributed by atoms with E-state index < -0.39 is 0 Å². The highest BCUT2D eigenvalue weighted by atomic mass is 35.5. The first-order chi connectivity index (χ1) is 9.65. The van der Waals surface area contributed by atoms with E-state index >= 15 is 0 Å². The summed E-state index contributed by atoms with van der Waals surface area (Å²) < 4.78 is 0. The highest BCUT2D eigenvalue weighted by Gasteiger charge is 2.09. The number of nitrogens with zero attached hydrogens (tertiary/aromatic N) is 1. The molecule has 20 heavy (non-hydrogen) atoms. The lowest BCUT2D eigenvalue weighted by Crippen LogP contribution is -2.36. The van der Waals surface area contributed by atoms with Gasteiger partial charge in [-0.05, 0) is 36.8 Å². The molecule has 0 unspecified atom stereocenters. The monoisotopic (exact) mass is 289 g/mol. The molecule has 1 aromatic heterocycles. The molecule has 5 heteroatoms. The van der Waals surface area contributed by atoms with Gasteiger partial charge >= 0.3 is 6.03 Å². The predicted octanol–water partition coefficient (Wildman–Crippen LogP) is 3.30. The lowest BCUT2D eigenvalue weighted by Gasteiger charge is -2.15. The maximum atomic E-state index is 11.8. The second kappa shape index (κ2) is 6.91. The van der Waals surface area contributed by atoms with Crippen molar-refractivity contribution in [1.29, 1.82) is 0 Å². The van der Waals surface area contributed by atoms with Gasteiger partial charge in [0.1, 0.15) is 0 Å². The first-order valence-corrected chi connectivity index (χ1v) is 6.72. The summed E-state index contributed by atoms with van der Waals surface area (Å²) in [5.41, 5.74) is 1.82. The van der Waals surface area contributed by atoms with E-state index in [-0.39, 0.29) is 12.1 Å². The molecule has 2 rings (SSSR count). The molecule has 4 nitrogen and oxygen atoms in total. The second-order valence-corrected chi connectivity index (χ2v) is 4.86. The van der Waals surface area contributed by atoms with Crippen LogP contribution in [0.1, 0.15) is 24.2 Å². The Morgan fingerprint density at radius 1 is 1.25 bits per heavy atom. The van der Waals surface area contributed by atoms with Crippen LogP contribution in [0.4, 0.5) is 4.79 Å². The number of aromatic nitrogens is 1. The summed E-state index contributed by atoms with van der Waals surface area (Å²) in [5.74, 6) is 0. The van der Waals surface area contributed by atoms with Crippen molar-refractivity contribution in [2.75, 3.05) is 0 Å². The molecule has 0 aliphatic heterocycles. The SMILES string of the molecule is C[C@@H](NC(=O)NCc1ccccn1)c1ccc(Cl)cc1. The number of hydrogen-bond donors (Lipinski definition) is 2. The predicted molar refractivity (Wildman–Crippen MR) is 79.5 cm³/mol. The van der Waals surface area contributed by atoms with Crippen LogP contribution in [-0.2, 0) is 6.54 Å². The van der Waals surface area contributed by atoms with E-state index in [1.807, 2.05) is 37.3 Å². The second-order valence-electron chi connectivity index (χ2n) is 4.42. The molecule has 1 heterocycles. The molecule has 104 valence electrons. The van der Waals surface area contributed by atoms with Crippen molar-refractivity contribution in [2.45, 2.75) is 19.5 Å². The van der Waals surface area contributed by atoms with Gasteiger partial charge in [0.2, 0.25) is 0 Å². The van der Waals surface area contributed by atoms with Gasteiger partial charge in [-0.3, -0.25) is 4.98 Å². The summed E-state index contributed by atoms with van der Waals surface area (Å²) >= 11 is 5.83. The van der Waals surface area contributed by atoms with Crippen molar-refractivity contribution >= 4 is 17.6 Å². The molecule has 0 aliphatic carbocycles. The van der Waals surface area contributed by atoms with E-state index in [0.717, 1.165) is 11.3 Å². The summed E-state index contributed by atoms with van der Waals surface area (Å²) in [5, 5.41) is 6.32. The third kappa shape index (κ3) is 4.24. The van der Waals surface area contributed by atoms with Crippen LogP contribution in [0.25, 0.3) is 0 Å². The van der Waals surface area contributed by atoms with Crippen molar-refractivity contribution in [3.63, 3.8) is 0 Å². The number of pyridine rings is 1. The Hall–Kier alpha value is -2.07. The van der Waals surface area contributed by atoms with Crippen molar-refractivity contribution in [2.24, 2.45) is 0 Å². The van der Waals surface area contributed by atoms with E-state index in [4.69, 9.17) is 11.6 Å². The fraction of sp³-hybridized carbons (Fsp3) is 0.200. The van der Waals surface area contributed by atoms with Crippen molar-refractivity contribution in [3.05, 3.63) is 64.9 Å². The minimum absolute atomic E-state index is 0.0870. The van der Waals surface area contributed by atoms with Crippen LogP contribution in [-0.4, -0.2) is 11.0 Å². The molecule has 1 aromatic carbocycles. The fourth-order valence-corrected chi connectivity index (χ4v) is 1.88. The molecule has 2 amide bonds. The van der Waals surface area contributed by atoms with Gasteiger partial charge in [0.05, 0.1) is 18.3 Å². The van der Waals surface area contributed by atoms with Crippen LogP contribution < -0.4 is 10.6 Å². The molecule has 0 bridgehead atoms. The Kier molecular flexibility index (Phi) is 4.96. The number of amides is 2. The summed E-state index contributed by atoms with van der Waals surface area (Å²) in [6.07, 6.45) is 1.70. The van der Waals surface area contributed by atoms with Gasteiger partial charge in [-0.15, -0.1) is 0 Å². The van der Waals surface area contributed by atoms with Crippen LogP contribution in [0, 0.1) is 0 Å². The quantitative estimate of drug-likeness (QED) is 0.907. The Labute approximate surface area is 123 Å². The van der Waals surface area contributed by atoms with E-state index in [1.165, 1.54) is 0 Å². The highest BCUT2D eigenvalue weighted by molar-refractivity contribution is 6.30. The number of halogens is 1. The Balaban J connectivity index is 1.83. The largest absolute Gasteiger partial charge is 0.332 e. The Morgan fingerprint density at radius 2 is 2.00 bits per heavy atom. The van der Waals surface area contributed by atoms with Gasteiger partial charge < -0.3 is 10.6 Å². The number of carbonyl (C=O) groups is 1. The van der Waals surface area contributed by atoms with Crippen molar-refractivity contribution in [3.8, 4) is 0 Å². The molecule has 0 spiro atoms. The number of rotatable bonds is 4. The van der Waals surface area contributed by atoms with Crippen LogP contribution in [0.3, 0.4) is 0 Å². The van der Waals surface area contributed by atoms with E-state index in [2.05, 4.69) is 15.6 Å². The first kappa shape index (κ1) is 14.3. The average molecular weight is 290 g/mol. The normalized spacial score (nSPS) is 11.7. The standard InChI is InChI=1S/C15H16ClN3O/c1-11(12-5-7-13(16)8-6-12)19-15(20)18-10-14-4-2-3-9-17-14/h2-9,11H,10H2,1H3,(H2,18,19,20)/t11-/m1/s1. The van der Waals surface area contributed by atoms with Gasteiger partial charge in [0, 0.05) is 11.2 Å². The zero-order valence-electron chi connectivity index (χ0n) is 11.1. The molecule has 1 atom stereocenters. The molecule has 2 N–H and O–H groups in total. The fourth-order valence-electron chi connectivity index (χ4n) is 1.76. The first-order valence-electron chi connectivity index (χ1n) is 6.35. The molecule has 0 saturated heterocycles. The van der Waals surface area contributed by atoms with Crippen LogP contribution >= 0.6 is 11.6 Å². The number of nitrogens with one attached hydrogen (secondary N) is 2. The average Bonchev–Trinajstić information content (AvgIpc) is 2.47. The Bertz CT molecular complexity index is 557. The summed E-state index contributed by atoms with van der Waals surface area (Å²) in [4.78, 5) is 15.9.